The first-order valence-corrected chi connectivity index (χ1v) is 5.58. The smallest absolute Gasteiger partial charge is 0.219 e. The summed E-state index contributed by atoms with van der Waals surface area (Å²) in [4.78, 5) is 8.11. The van der Waals surface area contributed by atoms with Crippen molar-refractivity contribution in [3.05, 3.63) is 132 Å². The summed E-state index contributed by atoms with van der Waals surface area (Å²) in [6.45, 7) is 60.0. The van der Waals surface area contributed by atoms with Gasteiger partial charge in [-0.05, 0) is 0 Å². The van der Waals surface area contributed by atoms with Crippen LogP contribution < -0.4 is 0 Å². The average Bonchev–Trinajstić information content (AvgIpc) is 2.76. The van der Waals surface area contributed by atoms with Gasteiger partial charge >= 0.3 is 6.29 Å². The molecule has 0 unspecified atom stereocenters. The van der Waals surface area contributed by atoms with Gasteiger partial charge in [0.05, 0.1) is 0 Å². The molecule has 0 bridgehead atoms. The minimum Gasteiger partial charge on any atom is -0.219 e. The summed E-state index contributed by atoms with van der Waals surface area (Å²) >= 11 is 0. The van der Waals surface area contributed by atoms with Crippen molar-refractivity contribution in [2.75, 3.05) is 0 Å². The Labute approximate surface area is 152 Å². The van der Waals surface area contributed by atoms with Gasteiger partial charge in [0, 0.05) is 0 Å². The van der Waals surface area contributed by atoms with Gasteiger partial charge < -0.3 is 0 Å². The number of carbonyl (C=O) groups excluding carboxylic acids is 1. The van der Waals surface area contributed by atoms with Gasteiger partial charge in [0.25, 0.3) is 0 Å². The molecule has 24 heavy (non-hydrogen) atoms. The van der Waals surface area contributed by atoms with Crippen molar-refractivity contribution in [2.45, 2.75) is 0 Å². The Balaban J connectivity index is -0.00000000873. The highest BCUT2D eigenvalue weighted by atomic mass is 19.3. The molecule has 0 N–H and O–H groups in total. The topological polar surface area (TPSA) is 17.1 Å². The molecule has 0 atom stereocenters. The van der Waals surface area contributed by atoms with E-state index in [1.54, 1.807) is 0 Å². The van der Waals surface area contributed by atoms with Crippen LogP contribution >= 0.6 is 0 Å². The van der Waals surface area contributed by atoms with Crippen LogP contribution in [0.1, 0.15) is 0 Å². The number of hydrogen-bond acceptors (Lipinski definition) is 1. The summed E-state index contributed by atoms with van der Waals surface area (Å²) in [5, 5.41) is 0. The quantitative estimate of drug-likeness (QED) is 0.316. The standard InChI is InChI=1S/10C2H4.CF2O/c10*1-2;2-1(3)4/h10*1-2H2;. The van der Waals surface area contributed by atoms with Crippen LogP contribution in [0.5, 0.6) is 0 Å². The lowest BCUT2D eigenvalue weighted by atomic mass is 11.3. The second-order valence-corrected chi connectivity index (χ2v) is 0.226. The lowest BCUT2D eigenvalue weighted by Crippen LogP contribution is -1.54. The van der Waals surface area contributed by atoms with E-state index in [1.165, 1.54) is 0 Å². The molecular weight excluding hydrogens is 306 g/mol. The van der Waals surface area contributed by atoms with Crippen LogP contribution in [0.15, 0.2) is 132 Å². The molecule has 0 saturated heterocycles. The van der Waals surface area contributed by atoms with Crippen LogP contribution in [-0.4, -0.2) is 6.29 Å². The number of rotatable bonds is 0. The van der Waals surface area contributed by atoms with Crippen LogP contribution in [0.3, 0.4) is 0 Å². The number of halogens is 2. The van der Waals surface area contributed by atoms with E-state index < -0.39 is 6.29 Å². The second-order valence-electron chi connectivity index (χ2n) is 0.226. The van der Waals surface area contributed by atoms with E-state index in [1.807, 2.05) is 0 Å². The molecule has 0 amide bonds. The number of hydrogen-bond donors (Lipinski definition) is 0. The van der Waals surface area contributed by atoms with Crippen molar-refractivity contribution in [1.29, 1.82) is 0 Å². The van der Waals surface area contributed by atoms with Gasteiger partial charge in [-0.2, -0.15) is 0 Å². The molecule has 0 aliphatic rings. The fourth-order valence-electron chi connectivity index (χ4n) is 0. The Morgan fingerprint density at radius 3 is 0.333 bits per heavy atom. The van der Waals surface area contributed by atoms with E-state index in [4.69, 9.17) is 4.79 Å². The molecule has 0 aromatic carbocycles. The maximum atomic E-state index is 9.69. The Kier molecular flexibility index (Phi) is 5120000. The molecular formula is C21H40F2O. The van der Waals surface area contributed by atoms with E-state index in [0.717, 1.165) is 0 Å². The minimum atomic E-state index is -2.83. The zero-order valence-electron chi connectivity index (χ0n) is 15.8. The van der Waals surface area contributed by atoms with Crippen molar-refractivity contribution < 1.29 is 13.6 Å². The SMILES string of the molecule is C=C.C=C.C=C.C=C.C=C.C=C.C=C.C=C.C=C.C=C.O=C(F)F. The molecule has 0 aliphatic heterocycles. The summed E-state index contributed by atoms with van der Waals surface area (Å²) in [5.41, 5.74) is 0. The first kappa shape index (κ1) is 84.3. The molecule has 144 valence electrons. The molecule has 0 aromatic rings. The fourth-order valence-corrected chi connectivity index (χ4v) is 0. The Hall–Kier alpha value is -3.07. The van der Waals surface area contributed by atoms with Gasteiger partial charge in [0.2, 0.25) is 0 Å². The van der Waals surface area contributed by atoms with Crippen molar-refractivity contribution >= 4 is 6.29 Å². The summed E-state index contributed by atoms with van der Waals surface area (Å²) in [6.07, 6.45) is -2.83. The van der Waals surface area contributed by atoms with Gasteiger partial charge in [-0.1, -0.05) is 0 Å². The summed E-state index contributed by atoms with van der Waals surface area (Å²) in [5.74, 6) is 0. The van der Waals surface area contributed by atoms with Crippen LogP contribution in [0.4, 0.5) is 13.6 Å². The summed E-state index contributed by atoms with van der Waals surface area (Å²) < 4.78 is 19.4. The monoisotopic (exact) mass is 346 g/mol. The first-order valence-electron chi connectivity index (χ1n) is 5.58. The molecule has 0 aliphatic carbocycles. The Bertz CT molecular complexity index is 103. The zero-order valence-corrected chi connectivity index (χ0v) is 15.8. The van der Waals surface area contributed by atoms with Gasteiger partial charge in [0.15, 0.2) is 0 Å². The molecule has 0 radical (unpaired) electrons. The molecule has 0 spiro atoms. The summed E-state index contributed by atoms with van der Waals surface area (Å²) in [6, 6.07) is 0. The molecule has 1 nitrogen and oxygen atoms in total. The maximum Gasteiger partial charge on any atom is 0.483 e. The van der Waals surface area contributed by atoms with E-state index in [9.17, 15) is 8.78 Å². The van der Waals surface area contributed by atoms with Crippen molar-refractivity contribution in [2.24, 2.45) is 0 Å². The van der Waals surface area contributed by atoms with Gasteiger partial charge in [0.1, 0.15) is 0 Å². The Morgan fingerprint density at radius 2 is 0.333 bits per heavy atom. The van der Waals surface area contributed by atoms with Crippen LogP contribution in [0.2, 0.25) is 0 Å². The largest absolute Gasteiger partial charge is 0.483 e. The van der Waals surface area contributed by atoms with E-state index in [-0.39, 0.29) is 0 Å². The lowest BCUT2D eigenvalue weighted by molar-refractivity contribution is 0.199. The first-order chi connectivity index (χ1) is 11.7. The van der Waals surface area contributed by atoms with Crippen molar-refractivity contribution in [1.82, 2.24) is 0 Å². The molecule has 0 fully saturated rings. The highest BCUT2D eigenvalue weighted by molar-refractivity contribution is 5.55. The lowest BCUT2D eigenvalue weighted by Gasteiger charge is -1.45. The second kappa shape index (κ2) is 1460000. The van der Waals surface area contributed by atoms with Crippen LogP contribution in [-0.2, 0) is 0 Å². The molecule has 0 saturated carbocycles. The third-order valence-corrected chi connectivity index (χ3v) is 0. The van der Waals surface area contributed by atoms with Crippen LogP contribution in [0, 0.1) is 0 Å². The van der Waals surface area contributed by atoms with Crippen LogP contribution in [0.25, 0.3) is 0 Å². The predicted octanol–water partition coefficient (Wildman–Crippen LogP) is 9.07. The van der Waals surface area contributed by atoms with Crippen molar-refractivity contribution in [3.8, 4) is 0 Å². The predicted molar refractivity (Wildman–Crippen MR) is 120 cm³/mol. The molecule has 0 aromatic heterocycles. The average molecular weight is 347 g/mol. The summed E-state index contributed by atoms with van der Waals surface area (Å²) in [7, 11) is 0. The molecule has 0 rings (SSSR count). The van der Waals surface area contributed by atoms with E-state index in [2.05, 4.69) is 132 Å². The van der Waals surface area contributed by atoms with Gasteiger partial charge in [-0.15, -0.1) is 140 Å². The molecule has 3 heteroatoms. The maximum absolute atomic E-state index is 9.69. The third-order valence-electron chi connectivity index (χ3n) is 0. The highest BCUT2D eigenvalue weighted by Crippen LogP contribution is 1.70. The van der Waals surface area contributed by atoms with Gasteiger partial charge in [-0.3, -0.25) is 0 Å². The number of carbonyl (C=O) groups is 1. The minimum absolute atomic E-state index is 2.83. The Morgan fingerprint density at radius 1 is 0.333 bits per heavy atom. The van der Waals surface area contributed by atoms with E-state index in [0.29, 0.717) is 0 Å². The third kappa shape index (κ3) is 646. The normalized spacial score (nSPS) is 2.75. The van der Waals surface area contributed by atoms with E-state index >= 15 is 0 Å². The highest BCUT2D eigenvalue weighted by Gasteiger charge is 1.78. The fraction of sp³-hybridized carbons (Fsp3) is 0. The van der Waals surface area contributed by atoms with Crippen molar-refractivity contribution in [3.63, 3.8) is 0 Å². The zero-order chi connectivity index (χ0) is 23.6. The molecule has 0 heterocycles. The van der Waals surface area contributed by atoms with Gasteiger partial charge in [-0.25, -0.2) is 4.79 Å².